The molecule has 136 valence electrons. The summed E-state index contributed by atoms with van der Waals surface area (Å²) in [6.45, 7) is 7.59. The first kappa shape index (κ1) is 20.9. The van der Waals surface area contributed by atoms with Crippen LogP contribution in [-0.4, -0.2) is 56.3 Å². The van der Waals surface area contributed by atoms with Gasteiger partial charge >= 0.3 is 0 Å². The summed E-state index contributed by atoms with van der Waals surface area (Å²) in [5, 5.41) is 0. The first-order valence-electron chi connectivity index (χ1n) is 7.75. The Morgan fingerprint density at radius 1 is 1.08 bits per heavy atom. The number of carbonyl (C=O) groups is 1. The lowest BCUT2D eigenvalue weighted by Crippen LogP contribution is -2.51. The molecule has 6 nitrogen and oxygen atoms in total. The molecule has 0 saturated carbocycles. The molecule has 2 rings (SSSR count). The van der Waals surface area contributed by atoms with Crippen molar-refractivity contribution in [3.8, 4) is 0 Å². The third-order valence-corrected chi connectivity index (χ3v) is 6.04. The van der Waals surface area contributed by atoms with Gasteiger partial charge in [-0.3, -0.25) is 4.79 Å². The van der Waals surface area contributed by atoms with Gasteiger partial charge in [-0.2, -0.15) is 4.31 Å². The second-order valence-electron chi connectivity index (χ2n) is 6.76. The van der Waals surface area contributed by atoms with Crippen LogP contribution in [0.4, 0.5) is 0 Å². The van der Waals surface area contributed by atoms with Crippen molar-refractivity contribution in [1.82, 2.24) is 9.21 Å². The smallest absolute Gasteiger partial charge is 0.243 e. The summed E-state index contributed by atoms with van der Waals surface area (Å²) in [7, 11) is -3.52. The van der Waals surface area contributed by atoms with Gasteiger partial charge in [0.15, 0.2) is 0 Å². The van der Waals surface area contributed by atoms with E-state index < -0.39 is 10.0 Å². The van der Waals surface area contributed by atoms with Crippen LogP contribution in [0.3, 0.4) is 0 Å². The average molecular weight is 376 g/mol. The molecule has 2 N–H and O–H groups in total. The van der Waals surface area contributed by atoms with Gasteiger partial charge in [0.1, 0.15) is 0 Å². The predicted octanol–water partition coefficient (Wildman–Crippen LogP) is 1.20. The molecule has 0 radical (unpaired) electrons. The SMILES string of the molecule is CC(C)(C)c1ccc(S(=O)(=O)N2CCN(C(=O)CN)CC2)cc1.Cl. The number of carbonyl (C=O) groups excluding carboxylic acids is 1. The molecule has 8 heteroatoms. The number of halogens is 1. The third-order valence-electron chi connectivity index (χ3n) is 4.12. The van der Waals surface area contributed by atoms with E-state index in [4.69, 9.17) is 5.73 Å². The number of hydrogen-bond donors (Lipinski definition) is 1. The lowest BCUT2D eigenvalue weighted by atomic mass is 9.87. The van der Waals surface area contributed by atoms with Gasteiger partial charge in [-0.05, 0) is 23.1 Å². The van der Waals surface area contributed by atoms with Crippen LogP contribution in [0.15, 0.2) is 29.2 Å². The standard InChI is InChI=1S/C16H25N3O3S.ClH/c1-16(2,3)13-4-6-14(7-5-13)23(21,22)19-10-8-18(9-11-19)15(20)12-17;/h4-7H,8-12,17H2,1-3H3;1H. The van der Waals surface area contributed by atoms with Gasteiger partial charge in [-0.15, -0.1) is 12.4 Å². The Morgan fingerprint density at radius 2 is 1.58 bits per heavy atom. The van der Waals surface area contributed by atoms with Crippen molar-refractivity contribution >= 4 is 28.3 Å². The van der Waals surface area contributed by atoms with Crippen LogP contribution in [0.2, 0.25) is 0 Å². The van der Waals surface area contributed by atoms with E-state index in [1.165, 1.54) is 4.31 Å². The van der Waals surface area contributed by atoms with Crippen LogP contribution in [-0.2, 0) is 20.2 Å². The Morgan fingerprint density at radius 3 is 2.00 bits per heavy atom. The van der Waals surface area contributed by atoms with Crippen molar-refractivity contribution in [2.45, 2.75) is 31.1 Å². The lowest BCUT2D eigenvalue weighted by Gasteiger charge is -2.33. The third kappa shape index (κ3) is 4.47. The predicted molar refractivity (Wildman–Crippen MR) is 96.8 cm³/mol. The van der Waals surface area contributed by atoms with Gasteiger partial charge in [-0.1, -0.05) is 32.9 Å². The molecular weight excluding hydrogens is 350 g/mol. The summed E-state index contributed by atoms with van der Waals surface area (Å²) in [6, 6.07) is 7.04. The van der Waals surface area contributed by atoms with Gasteiger partial charge < -0.3 is 10.6 Å². The van der Waals surface area contributed by atoms with E-state index in [-0.39, 0.29) is 30.3 Å². The van der Waals surface area contributed by atoms with Crippen molar-refractivity contribution < 1.29 is 13.2 Å². The normalized spacial score (nSPS) is 16.6. The lowest BCUT2D eigenvalue weighted by molar-refractivity contribution is -0.130. The quantitative estimate of drug-likeness (QED) is 0.860. The Bertz CT molecular complexity index is 661. The Kier molecular flexibility index (Phi) is 6.81. The van der Waals surface area contributed by atoms with Gasteiger partial charge in [0.05, 0.1) is 11.4 Å². The second-order valence-corrected chi connectivity index (χ2v) is 8.70. The number of benzene rings is 1. The summed E-state index contributed by atoms with van der Waals surface area (Å²) < 4.78 is 26.8. The number of amides is 1. The number of sulfonamides is 1. The largest absolute Gasteiger partial charge is 0.339 e. The number of nitrogens with zero attached hydrogens (tertiary/aromatic N) is 2. The summed E-state index contributed by atoms with van der Waals surface area (Å²) in [5.41, 5.74) is 6.42. The van der Waals surface area contributed by atoms with E-state index in [1.807, 2.05) is 12.1 Å². The molecule has 0 aromatic heterocycles. The number of nitrogens with two attached hydrogens (primary N) is 1. The zero-order valence-corrected chi connectivity index (χ0v) is 16.0. The van der Waals surface area contributed by atoms with Gasteiger partial charge in [0.25, 0.3) is 0 Å². The van der Waals surface area contributed by atoms with Crippen molar-refractivity contribution in [2.24, 2.45) is 5.73 Å². The first-order chi connectivity index (χ1) is 10.7. The van der Waals surface area contributed by atoms with Crippen molar-refractivity contribution in [2.75, 3.05) is 32.7 Å². The summed E-state index contributed by atoms with van der Waals surface area (Å²) in [5.74, 6) is -0.142. The molecule has 0 aliphatic carbocycles. The fourth-order valence-electron chi connectivity index (χ4n) is 2.58. The summed E-state index contributed by atoms with van der Waals surface area (Å²) in [4.78, 5) is 13.5. The summed E-state index contributed by atoms with van der Waals surface area (Å²) >= 11 is 0. The Labute approximate surface area is 150 Å². The van der Waals surface area contributed by atoms with Gasteiger partial charge in [0.2, 0.25) is 15.9 Å². The maximum atomic E-state index is 12.7. The molecule has 0 spiro atoms. The molecule has 0 unspecified atom stereocenters. The van der Waals surface area contributed by atoms with E-state index >= 15 is 0 Å². The molecule has 1 aliphatic heterocycles. The fourth-order valence-corrected chi connectivity index (χ4v) is 4.01. The molecular formula is C16H26ClN3O3S. The highest BCUT2D eigenvalue weighted by atomic mass is 35.5. The van der Waals surface area contributed by atoms with E-state index in [1.54, 1.807) is 17.0 Å². The zero-order valence-electron chi connectivity index (χ0n) is 14.4. The molecule has 1 amide bonds. The van der Waals surface area contributed by atoms with E-state index in [0.717, 1.165) is 5.56 Å². The molecule has 1 aromatic carbocycles. The van der Waals surface area contributed by atoms with Gasteiger partial charge in [0, 0.05) is 26.2 Å². The fraction of sp³-hybridized carbons (Fsp3) is 0.562. The number of hydrogen-bond acceptors (Lipinski definition) is 4. The minimum absolute atomic E-state index is 0. The van der Waals surface area contributed by atoms with Crippen LogP contribution in [0.1, 0.15) is 26.3 Å². The zero-order chi connectivity index (χ0) is 17.3. The highest BCUT2D eigenvalue weighted by molar-refractivity contribution is 7.89. The molecule has 1 saturated heterocycles. The first-order valence-corrected chi connectivity index (χ1v) is 9.19. The molecule has 0 atom stereocenters. The summed E-state index contributed by atoms with van der Waals surface area (Å²) in [6.07, 6.45) is 0. The molecule has 1 aromatic rings. The molecule has 1 aliphatic rings. The topological polar surface area (TPSA) is 83.7 Å². The maximum Gasteiger partial charge on any atom is 0.243 e. The Hall–Kier alpha value is -1.15. The number of rotatable bonds is 3. The maximum absolute atomic E-state index is 12.7. The molecule has 1 fully saturated rings. The number of piperazine rings is 1. The molecule has 0 bridgehead atoms. The van der Waals surface area contributed by atoms with E-state index in [9.17, 15) is 13.2 Å². The van der Waals surface area contributed by atoms with Crippen LogP contribution in [0.5, 0.6) is 0 Å². The van der Waals surface area contributed by atoms with Crippen LogP contribution < -0.4 is 5.73 Å². The van der Waals surface area contributed by atoms with Crippen LogP contribution >= 0.6 is 12.4 Å². The highest BCUT2D eigenvalue weighted by Crippen LogP contribution is 2.25. The van der Waals surface area contributed by atoms with Crippen molar-refractivity contribution in [3.05, 3.63) is 29.8 Å². The minimum atomic E-state index is -3.52. The average Bonchev–Trinajstić information content (AvgIpc) is 2.53. The second kappa shape index (κ2) is 7.82. The van der Waals surface area contributed by atoms with Gasteiger partial charge in [-0.25, -0.2) is 8.42 Å². The highest BCUT2D eigenvalue weighted by Gasteiger charge is 2.29. The minimum Gasteiger partial charge on any atom is -0.339 e. The Balaban J connectivity index is 0.00000288. The van der Waals surface area contributed by atoms with Crippen molar-refractivity contribution in [3.63, 3.8) is 0 Å². The molecule has 24 heavy (non-hydrogen) atoms. The molecule has 1 heterocycles. The van der Waals surface area contributed by atoms with Crippen LogP contribution in [0.25, 0.3) is 0 Å². The van der Waals surface area contributed by atoms with Crippen LogP contribution in [0, 0.1) is 0 Å². The van der Waals surface area contributed by atoms with E-state index in [2.05, 4.69) is 20.8 Å². The monoisotopic (exact) mass is 375 g/mol. The van der Waals surface area contributed by atoms with Crippen molar-refractivity contribution in [1.29, 1.82) is 0 Å². The van der Waals surface area contributed by atoms with E-state index in [0.29, 0.717) is 31.1 Å².